The molecular formula is C17H29NO. The molecule has 0 aliphatic heterocycles. The number of rotatable bonds is 8. The summed E-state index contributed by atoms with van der Waals surface area (Å²) in [6, 6.07) is 6.43. The van der Waals surface area contributed by atoms with Crippen LogP contribution in [0.15, 0.2) is 18.2 Å². The Balaban J connectivity index is 2.41. The first-order valence-corrected chi connectivity index (χ1v) is 7.37. The van der Waals surface area contributed by atoms with Gasteiger partial charge >= 0.3 is 0 Å². The molecule has 0 aliphatic rings. The van der Waals surface area contributed by atoms with Gasteiger partial charge in [-0.3, -0.25) is 0 Å². The Hall–Kier alpha value is -1.02. The van der Waals surface area contributed by atoms with E-state index in [1.54, 1.807) is 7.11 Å². The first-order valence-electron chi connectivity index (χ1n) is 7.37. The van der Waals surface area contributed by atoms with Crippen LogP contribution >= 0.6 is 0 Å². The van der Waals surface area contributed by atoms with Crippen LogP contribution in [0.1, 0.15) is 38.3 Å². The van der Waals surface area contributed by atoms with Crippen LogP contribution in [0.2, 0.25) is 0 Å². The number of hydrogen-bond acceptors (Lipinski definition) is 2. The lowest BCUT2D eigenvalue weighted by molar-refractivity contribution is 0.404. The van der Waals surface area contributed by atoms with Crippen molar-refractivity contribution in [3.8, 4) is 5.75 Å². The number of aryl methyl sites for hydroxylation is 2. The second-order valence-corrected chi connectivity index (χ2v) is 6.01. The van der Waals surface area contributed by atoms with E-state index in [0.29, 0.717) is 5.92 Å². The van der Waals surface area contributed by atoms with E-state index in [0.717, 1.165) is 31.2 Å². The topological polar surface area (TPSA) is 21.3 Å². The second-order valence-electron chi connectivity index (χ2n) is 6.01. The van der Waals surface area contributed by atoms with Gasteiger partial charge in [-0.1, -0.05) is 38.5 Å². The summed E-state index contributed by atoms with van der Waals surface area (Å²) in [7, 11) is 1.75. The minimum Gasteiger partial charge on any atom is -0.496 e. The molecule has 0 aromatic heterocycles. The predicted octanol–water partition coefficient (Wildman–Crippen LogP) is 3.82. The minimum atomic E-state index is 0.698. The van der Waals surface area contributed by atoms with Crippen molar-refractivity contribution < 1.29 is 4.74 Å². The average Bonchev–Trinajstić information content (AvgIpc) is 2.36. The molecular weight excluding hydrogens is 234 g/mol. The van der Waals surface area contributed by atoms with Gasteiger partial charge in [-0.25, -0.2) is 0 Å². The third-order valence-corrected chi connectivity index (χ3v) is 3.39. The van der Waals surface area contributed by atoms with Gasteiger partial charge in [0.05, 0.1) is 7.11 Å². The minimum absolute atomic E-state index is 0.698. The lowest BCUT2D eigenvalue weighted by Gasteiger charge is -2.15. The van der Waals surface area contributed by atoms with E-state index in [1.807, 2.05) is 0 Å². The van der Waals surface area contributed by atoms with Gasteiger partial charge in [0.15, 0.2) is 0 Å². The van der Waals surface area contributed by atoms with Gasteiger partial charge in [-0.2, -0.15) is 0 Å². The Morgan fingerprint density at radius 1 is 1.16 bits per heavy atom. The molecule has 0 amide bonds. The van der Waals surface area contributed by atoms with Gasteiger partial charge in [0.25, 0.3) is 0 Å². The van der Waals surface area contributed by atoms with Crippen molar-refractivity contribution in [2.45, 2.75) is 40.5 Å². The van der Waals surface area contributed by atoms with Crippen LogP contribution < -0.4 is 10.1 Å². The largest absolute Gasteiger partial charge is 0.496 e. The van der Waals surface area contributed by atoms with Crippen LogP contribution in [0.25, 0.3) is 0 Å². The SMILES string of the molecule is COc1ccc(C)cc1CCC(C)CNCC(C)C. The van der Waals surface area contributed by atoms with E-state index in [9.17, 15) is 0 Å². The highest BCUT2D eigenvalue weighted by Gasteiger charge is 2.07. The molecule has 0 bridgehead atoms. The number of methoxy groups -OCH3 is 1. The van der Waals surface area contributed by atoms with Crippen LogP contribution in [-0.4, -0.2) is 20.2 Å². The van der Waals surface area contributed by atoms with Gasteiger partial charge in [0.2, 0.25) is 0 Å². The molecule has 0 fully saturated rings. The zero-order valence-electron chi connectivity index (χ0n) is 13.1. The molecule has 0 spiro atoms. The quantitative estimate of drug-likeness (QED) is 0.770. The fourth-order valence-corrected chi connectivity index (χ4v) is 2.23. The number of nitrogens with one attached hydrogen (secondary N) is 1. The zero-order valence-corrected chi connectivity index (χ0v) is 13.1. The van der Waals surface area contributed by atoms with Crippen molar-refractivity contribution in [1.82, 2.24) is 5.32 Å². The van der Waals surface area contributed by atoms with Gasteiger partial charge in [-0.15, -0.1) is 0 Å². The highest BCUT2D eigenvalue weighted by Crippen LogP contribution is 2.22. The van der Waals surface area contributed by atoms with Crippen LogP contribution in [0.5, 0.6) is 5.75 Å². The summed E-state index contributed by atoms with van der Waals surface area (Å²) < 4.78 is 5.43. The Morgan fingerprint density at radius 3 is 2.53 bits per heavy atom. The molecule has 1 aromatic carbocycles. The third kappa shape index (κ3) is 6.11. The van der Waals surface area contributed by atoms with Crippen molar-refractivity contribution in [1.29, 1.82) is 0 Å². The van der Waals surface area contributed by atoms with Crippen LogP contribution in [0.4, 0.5) is 0 Å². The van der Waals surface area contributed by atoms with Gasteiger partial charge in [0, 0.05) is 0 Å². The molecule has 108 valence electrons. The average molecular weight is 263 g/mol. The van der Waals surface area contributed by atoms with Gasteiger partial charge < -0.3 is 10.1 Å². The smallest absolute Gasteiger partial charge is 0.122 e. The standard InChI is InChI=1S/C17H29NO/c1-13(2)11-18-12-15(4)6-8-16-10-14(3)7-9-17(16)19-5/h7,9-10,13,15,18H,6,8,11-12H2,1-5H3. The van der Waals surface area contributed by atoms with E-state index >= 15 is 0 Å². The number of benzene rings is 1. The molecule has 1 atom stereocenters. The van der Waals surface area contributed by atoms with Crippen molar-refractivity contribution in [3.05, 3.63) is 29.3 Å². The normalized spacial score (nSPS) is 12.7. The molecule has 0 heterocycles. The molecule has 1 aromatic rings. The number of ether oxygens (including phenoxy) is 1. The Kier molecular flexibility index (Phi) is 6.93. The maximum absolute atomic E-state index is 5.43. The van der Waals surface area contributed by atoms with Crippen molar-refractivity contribution in [3.63, 3.8) is 0 Å². The summed E-state index contributed by atoms with van der Waals surface area (Å²) in [5.74, 6) is 2.45. The van der Waals surface area contributed by atoms with Crippen molar-refractivity contribution in [2.24, 2.45) is 11.8 Å². The van der Waals surface area contributed by atoms with E-state index in [-0.39, 0.29) is 0 Å². The summed E-state index contributed by atoms with van der Waals surface area (Å²) >= 11 is 0. The van der Waals surface area contributed by atoms with Gasteiger partial charge in [-0.05, 0) is 56.3 Å². The fraction of sp³-hybridized carbons (Fsp3) is 0.647. The summed E-state index contributed by atoms with van der Waals surface area (Å²) in [6.07, 6.45) is 2.29. The molecule has 1 N–H and O–H groups in total. The van der Waals surface area contributed by atoms with E-state index < -0.39 is 0 Å². The third-order valence-electron chi connectivity index (χ3n) is 3.39. The molecule has 0 radical (unpaired) electrons. The maximum Gasteiger partial charge on any atom is 0.122 e. The zero-order chi connectivity index (χ0) is 14.3. The summed E-state index contributed by atoms with van der Waals surface area (Å²) in [4.78, 5) is 0. The second kappa shape index (κ2) is 8.21. The lowest BCUT2D eigenvalue weighted by Crippen LogP contribution is -2.25. The fourth-order valence-electron chi connectivity index (χ4n) is 2.23. The maximum atomic E-state index is 5.43. The van der Waals surface area contributed by atoms with Crippen LogP contribution in [-0.2, 0) is 6.42 Å². The Labute approximate surface area is 118 Å². The highest BCUT2D eigenvalue weighted by molar-refractivity contribution is 5.36. The van der Waals surface area contributed by atoms with Crippen molar-refractivity contribution >= 4 is 0 Å². The van der Waals surface area contributed by atoms with E-state index in [2.05, 4.69) is 51.2 Å². The predicted molar refractivity (Wildman–Crippen MR) is 82.9 cm³/mol. The van der Waals surface area contributed by atoms with Crippen LogP contribution in [0, 0.1) is 18.8 Å². The first kappa shape index (κ1) is 16.0. The first-order chi connectivity index (χ1) is 9.02. The monoisotopic (exact) mass is 263 g/mol. The molecule has 0 saturated heterocycles. The van der Waals surface area contributed by atoms with E-state index in [1.165, 1.54) is 17.5 Å². The summed E-state index contributed by atoms with van der Waals surface area (Å²) in [5, 5.41) is 3.53. The molecule has 19 heavy (non-hydrogen) atoms. The van der Waals surface area contributed by atoms with E-state index in [4.69, 9.17) is 4.74 Å². The molecule has 1 unspecified atom stereocenters. The lowest BCUT2D eigenvalue weighted by atomic mass is 9.99. The number of hydrogen-bond donors (Lipinski definition) is 1. The van der Waals surface area contributed by atoms with Gasteiger partial charge in [0.1, 0.15) is 5.75 Å². The summed E-state index contributed by atoms with van der Waals surface area (Å²) in [5.41, 5.74) is 2.64. The molecule has 2 heteroatoms. The molecule has 0 aliphatic carbocycles. The van der Waals surface area contributed by atoms with Crippen LogP contribution in [0.3, 0.4) is 0 Å². The molecule has 0 saturated carbocycles. The Morgan fingerprint density at radius 2 is 1.89 bits per heavy atom. The highest BCUT2D eigenvalue weighted by atomic mass is 16.5. The molecule has 1 rings (SSSR count). The summed E-state index contributed by atoms with van der Waals surface area (Å²) in [6.45, 7) is 11.2. The molecule has 2 nitrogen and oxygen atoms in total. The van der Waals surface area contributed by atoms with Crippen molar-refractivity contribution in [2.75, 3.05) is 20.2 Å². The Bertz CT molecular complexity index is 374.